The molecule has 2 rings (SSSR count). The number of nitriles is 1. The van der Waals surface area contributed by atoms with Gasteiger partial charge >= 0.3 is 0 Å². The Kier molecular flexibility index (Phi) is 5.68. The average molecular weight is 332 g/mol. The maximum absolute atomic E-state index is 12.4. The van der Waals surface area contributed by atoms with Crippen molar-refractivity contribution in [2.75, 3.05) is 18.4 Å². The van der Waals surface area contributed by atoms with Gasteiger partial charge in [-0.1, -0.05) is 24.6 Å². The summed E-state index contributed by atoms with van der Waals surface area (Å²) in [6.07, 6.45) is 3.44. The molecule has 1 aromatic carbocycles. The average Bonchev–Trinajstić information content (AvgIpc) is 2.50. The number of carbonyl (C=O) groups is 1. The second-order valence-electron chi connectivity index (χ2n) is 6.23. The van der Waals surface area contributed by atoms with E-state index in [-0.39, 0.29) is 11.5 Å². The van der Waals surface area contributed by atoms with Crippen molar-refractivity contribution in [1.82, 2.24) is 4.90 Å². The highest BCUT2D eigenvalue weighted by Crippen LogP contribution is 2.27. The Morgan fingerprint density at radius 2 is 2.04 bits per heavy atom. The summed E-state index contributed by atoms with van der Waals surface area (Å²) in [5.41, 5.74) is 2.88. The largest absolute Gasteiger partial charge is 0.359 e. The Hall–Kier alpha value is -1.99. The zero-order valence-corrected chi connectivity index (χ0v) is 14.6. The van der Waals surface area contributed by atoms with E-state index in [1.807, 2.05) is 32.0 Å². The Balaban J connectivity index is 2.14. The molecule has 0 unspecified atom stereocenters. The van der Waals surface area contributed by atoms with Crippen LogP contribution >= 0.6 is 11.6 Å². The molecule has 1 fully saturated rings. The second-order valence-corrected chi connectivity index (χ2v) is 6.63. The molecule has 0 aromatic heterocycles. The maximum Gasteiger partial charge on any atom is 0.266 e. The summed E-state index contributed by atoms with van der Waals surface area (Å²) < 4.78 is 0. The lowest BCUT2D eigenvalue weighted by Gasteiger charge is -2.30. The number of rotatable bonds is 3. The molecule has 122 valence electrons. The van der Waals surface area contributed by atoms with Crippen LogP contribution in [-0.2, 0) is 4.79 Å². The van der Waals surface area contributed by atoms with Crippen LogP contribution in [0.3, 0.4) is 0 Å². The van der Waals surface area contributed by atoms with Crippen molar-refractivity contribution < 1.29 is 4.79 Å². The van der Waals surface area contributed by atoms with E-state index in [2.05, 4.69) is 12.2 Å². The van der Waals surface area contributed by atoms with Crippen LogP contribution in [-0.4, -0.2) is 23.9 Å². The molecular weight excluding hydrogens is 310 g/mol. The Labute approximate surface area is 142 Å². The van der Waals surface area contributed by atoms with Gasteiger partial charge in [-0.3, -0.25) is 4.79 Å². The fourth-order valence-corrected chi connectivity index (χ4v) is 3.14. The van der Waals surface area contributed by atoms with Crippen molar-refractivity contribution in [2.24, 2.45) is 5.92 Å². The van der Waals surface area contributed by atoms with E-state index >= 15 is 0 Å². The van der Waals surface area contributed by atoms with Crippen molar-refractivity contribution in [3.05, 3.63) is 40.1 Å². The molecule has 0 atom stereocenters. The predicted molar refractivity (Wildman–Crippen MR) is 93.2 cm³/mol. The third-order valence-corrected chi connectivity index (χ3v) is 4.51. The van der Waals surface area contributed by atoms with Crippen LogP contribution in [0.2, 0.25) is 5.02 Å². The summed E-state index contributed by atoms with van der Waals surface area (Å²) in [7, 11) is 0. The first-order valence-corrected chi connectivity index (χ1v) is 8.23. The molecule has 0 radical (unpaired) electrons. The first-order valence-electron chi connectivity index (χ1n) is 7.85. The lowest BCUT2D eigenvalue weighted by Crippen LogP contribution is -2.38. The number of likely N-dealkylation sites (tertiary alicyclic amines) is 1. The van der Waals surface area contributed by atoms with Crippen LogP contribution in [0.1, 0.15) is 30.9 Å². The van der Waals surface area contributed by atoms with Gasteiger partial charge in [0.1, 0.15) is 11.6 Å². The number of hydrogen-bond acceptors (Lipinski definition) is 3. The number of anilines is 1. The quantitative estimate of drug-likeness (QED) is 0.672. The summed E-state index contributed by atoms with van der Waals surface area (Å²) in [6, 6.07) is 5.85. The summed E-state index contributed by atoms with van der Waals surface area (Å²) in [5, 5.41) is 12.9. The van der Waals surface area contributed by atoms with Crippen molar-refractivity contribution in [3.8, 4) is 6.07 Å². The number of amides is 1. The van der Waals surface area contributed by atoms with Crippen LogP contribution in [0.4, 0.5) is 5.69 Å². The van der Waals surface area contributed by atoms with Crippen LogP contribution < -0.4 is 5.32 Å². The van der Waals surface area contributed by atoms with E-state index in [1.165, 1.54) is 6.20 Å². The fraction of sp³-hybridized carbons (Fsp3) is 0.444. The molecule has 1 aliphatic rings. The van der Waals surface area contributed by atoms with Gasteiger partial charge in [0, 0.05) is 19.3 Å². The van der Waals surface area contributed by atoms with Crippen molar-refractivity contribution in [3.63, 3.8) is 0 Å². The molecule has 1 aromatic rings. The van der Waals surface area contributed by atoms with Crippen molar-refractivity contribution >= 4 is 23.2 Å². The molecule has 0 bridgehead atoms. The standard InChI is InChI=1S/C18H22ClN3O/c1-12-4-6-22(7-5-12)18(23)15(10-20)11-21-17-14(3)8-13(2)9-16(17)19/h8-9,11-12,21H,4-7H2,1-3H3/b15-11-. The molecule has 4 nitrogen and oxygen atoms in total. The molecule has 1 heterocycles. The van der Waals surface area contributed by atoms with Crippen LogP contribution in [0.5, 0.6) is 0 Å². The normalized spacial score (nSPS) is 16.1. The van der Waals surface area contributed by atoms with Crippen LogP contribution in [0.15, 0.2) is 23.9 Å². The number of nitrogens with one attached hydrogen (secondary N) is 1. The topological polar surface area (TPSA) is 56.1 Å². The fourth-order valence-electron chi connectivity index (χ4n) is 2.77. The summed E-state index contributed by atoms with van der Waals surface area (Å²) in [6.45, 7) is 7.52. The Morgan fingerprint density at radius 1 is 1.39 bits per heavy atom. The minimum absolute atomic E-state index is 0.107. The van der Waals surface area contributed by atoms with Gasteiger partial charge in [0.15, 0.2) is 0 Å². The van der Waals surface area contributed by atoms with Gasteiger partial charge < -0.3 is 10.2 Å². The monoisotopic (exact) mass is 331 g/mol. The van der Waals surface area contributed by atoms with Gasteiger partial charge in [0.25, 0.3) is 5.91 Å². The molecular formula is C18H22ClN3O. The van der Waals surface area contributed by atoms with E-state index in [1.54, 1.807) is 4.90 Å². The highest BCUT2D eigenvalue weighted by Gasteiger charge is 2.23. The van der Waals surface area contributed by atoms with Gasteiger partial charge in [0.05, 0.1) is 10.7 Å². The SMILES string of the molecule is Cc1cc(C)c(N/C=C(/C#N)C(=O)N2CCC(C)CC2)c(Cl)c1. The molecule has 23 heavy (non-hydrogen) atoms. The highest BCUT2D eigenvalue weighted by atomic mass is 35.5. The van der Waals surface area contributed by atoms with Gasteiger partial charge in [-0.05, 0) is 49.8 Å². The predicted octanol–water partition coefficient (Wildman–Crippen LogP) is 4.03. The number of carbonyl (C=O) groups excluding carboxylic acids is 1. The molecule has 1 aliphatic heterocycles. The molecule has 0 aliphatic carbocycles. The highest BCUT2D eigenvalue weighted by molar-refractivity contribution is 6.33. The van der Waals surface area contributed by atoms with E-state index in [9.17, 15) is 10.1 Å². The van der Waals surface area contributed by atoms with E-state index < -0.39 is 0 Å². The lowest BCUT2D eigenvalue weighted by atomic mass is 9.99. The smallest absolute Gasteiger partial charge is 0.266 e. The molecule has 1 saturated heterocycles. The number of halogens is 1. The number of hydrogen-bond donors (Lipinski definition) is 1. The van der Waals surface area contributed by atoms with Gasteiger partial charge in [0.2, 0.25) is 0 Å². The molecule has 5 heteroatoms. The number of nitrogens with zero attached hydrogens (tertiary/aromatic N) is 2. The summed E-state index contributed by atoms with van der Waals surface area (Å²) in [5.74, 6) is 0.425. The third kappa shape index (κ3) is 4.27. The van der Waals surface area contributed by atoms with E-state index in [0.29, 0.717) is 24.0 Å². The van der Waals surface area contributed by atoms with Crippen LogP contribution in [0.25, 0.3) is 0 Å². The minimum atomic E-state index is -0.215. The van der Waals surface area contributed by atoms with Gasteiger partial charge in [-0.15, -0.1) is 0 Å². The van der Waals surface area contributed by atoms with E-state index in [4.69, 9.17) is 11.6 Å². The molecule has 0 saturated carbocycles. The van der Waals surface area contributed by atoms with Crippen molar-refractivity contribution in [2.45, 2.75) is 33.6 Å². The van der Waals surface area contributed by atoms with E-state index in [0.717, 1.165) is 29.7 Å². The minimum Gasteiger partial charge on any atom is -0.359 e. The first-order chi connectivity index (χ1) is 10.9. The zero-order valence-electron chi connectivity index (χ0n) is 13.8. The third-order valence-electron chi connectivity index (χ3n) is 4.21. The summed E-state index contributed by atoms with van der Waals surface area (Å²) >= 11 is 6.24. The molecule has 0 spiro atoms. The van der Waals surface area contributed by atoms with Crippen LogP contribution in [0, 0.1) is 31.1 Å². The van der Waals surface area contributed by atoms with Gasteiger partial charge in [-0.25, -0.2) is 0 Å². The zero-order chi connectivity index (χ0) is 17.0. The lowest BCUT2D eigenvalue weighted by molar-refractivity contribution is -0.128. The van der Waals surface area contributed by atoms with Gasteiger partial charge in [-0.2, -0.15) is 5.26 Å². The first kappa shape index (κ1) is 17.4. The number of piperidine rings is 1. The molecule has 1 N–H and O–H groups in total. The summed E-state index contributed by atoms with van der Waals surface area (Å²) in [4.78, 5) is 14.2. The second kappa shape index (κ2) is 7.52. The van der Waals surface area contributed by atoms with Crippen molar-refractivity contribution in [1.29, 1.82) is 5.26 Å². The Morgan fingerprint density at radius 3 is 2.61 bits per heavy atom. The molecule has 1 amide bonds. The Bertz CT molecular complexity index is 644. The maximum atomic E-state index is 12.4. The number of benzene rings is 1. The number of aryl methyl sites for hydroxylation is 2.